The van der Waals surface area contributed by atoms with E-state index in [0.717, 1.165) is 11.1 Å². The number of hydrogen-bond donors (Lipinski definition) is 2. The number of aryl methyl sites for hydroxylation is 1. The van der Waals surface area contributed by atoms with E-state index in [-0.39, 0.29) is 11.9 Å². The van der Waals surface area contributed by atoms with Gasteiger partial charge in [0.05, 0.1) is 6.04 Å². The monoisotopic (exact) mass is 285 g/mol. The third-order valence-corrected chi connectivity index (χ3v) is 3.45. The maximum atomic E-state index is 13.6. The second-order valence-corrected chi connectivity index (χ2v) is 5.12. The molecule has 21 heavy (non-hydrogen) atoms. The molecular weight excluding hydrogens is 269 g/mol. The molecule has 0 aliphatic carbocycles. The van der Waals surface area contributed by atoms with E-state index in [1.54, 1.807) is 31.2 Å². The van der Waals surface area contributed by atoms with Crippen LogP contribution >= 0.6 is 0 Å². The summed E-state index contributed by atoms with van der Waals surface area (Å²) >= 11 is 0. The van der Waals surface area contributed by atoms with E-state index >= 15 is 0 Å². The smallest absolute Gasteiger partial charge is 0.296 e. The lowest BCUT2D eigenvalue weighted by Crippen LogP contribution is -2.07. The van der Waals surface area contributed by atoms with Crippen LogP contribution in [-0.2, 0) is 0 Å². The minimum Gasteiger partial charge on any atom is -0.423 e. The first-order valence-corrected chi connectivity index (χ1v) is 6.71. The fourth-order valence-corrected chi connectivity index (χ4v) is 2.15. The number of nitrogen functional groups attached to an aromatic ring is 1. The van der Waals surface area contributed by atoms with Gasteiger partial charge in [-0.15, -0.1) is 0 Å². The van der Waals surface area contributed by atoms with Gasteiger partial charge in [0, 0.05) is 11.8 Å². The molecule has 0 saturated carbocycles. The van der Waals surface area contributed by atoms with Crippen molar-refractivity contribution >= 4 is 22.8 Å². The summed E-state index contributed by atoms with van der Waals surface area (Å²) in [5.74, 6) is -0.216. The van der Waals surface area contributed by atoms with Crippen LogP contribution in [0.15, 0.2) is 40.8 Å². The standard InChI is InChI=1S/C16H16FN3O/c1-9-3-4-11(7-13(9)17)10(2)19-16-20-14-6-5-12(18)8-15(14)21-16/h3-8,10H,18H2,1-2H3,(H,19,20). The van der Waals surface area contributed by atoms with Crippen LogP contribution in [0.4, 0.5) is 16.1 Å². The summed E-state index contributed by atoms with van der Waals surface area (Å²) in [5.41, 5.74) is 9.15. The van der Waals surface area contributed by atoms with Crippen molar-refractivity contribution in [1.29, 1.82) is 0 Å². The predicted molar refractivity (Wildman–Crippen MR) is 81.6 cm³/mol. The summed E-state index contributed by atoms with van der Waals surface area (Å²) in [6.07, 6.45) is 0. The Balaban J connectivity index is 1.85. The molecule has 108 valence electrons. The highest BCUT2D eigenvalue weighted by Gasteiger charge is 2.12. The molecule has 1 heterocycles. The van der Waals surface area contributed by atoms with Crippen LogP contribution in [0, 0.1) is 12.7 Å². The molecule has 0 amide bonds. The number of nitrogens with one attached hydrogen (secondary N) is 1. The Morgan fingerprint density at radius 2 is 2.05 bits per heavy atom. The zero-order valence-electron chi connectivity index (χ0n) is 11.9. The summed E-state index contributed by atoms with van der Waals surface area (Å²) in [6, 6.07) is 10.7. The van der Waals surface area contributed by atoms with Gasteiger partial charge in [-0.1, -0.05) is 12.1 Å². The lowest BCUT2D eigenvalue weighted by Gasteiger charge is -2.13. The molecule has 0 aliphatic heterocycles. The highest BCUT2D eigenvalue weighted by Crippen LogP contribution is 2.25. The molecule has 0 radical (unpaired) electrons. The quantitative estimate of drug-likeness (QED) is 0.713. The third-order valence-electron chi connectivity index (χ3n) is 3.45. The van der Waals surface area contributed by atoms with Gasteiger partial charge in [0.1, 0.15) is 11.3 Å². The van der Waals surface area contributed by atoms with E-state index in [0.29, 0.717) is 22.8 Å². The summed E-state index contributed by atoms with van der Waals surface area (Å²) < 4.78 is 19.2. The Labute approximate surface area is 121 Å². The molecule has 0 aliphatic rings. The Morgan fingerprint density at radius 3 is 2.81 bits per heavy atom. The Bertz CT molecular complexity index is 797. The number of hydrogen-bond acceptors (Lipinski definition) is 4. The lowest BCUT2D eigenvalue weighted by molar-refractivity contribution is 0.598. The minimum atomic E-state index is -0.216. The van der Waals surface area contributed by atoms with Gasteiger partial charge in [-0.2, -0.15) is 4.98 Å². The van der Waals surface area contributed by atoms with E-state index < -0.39 is 0 Å². The molecule has 0 bridgehead atoms. The maximum absolute atomic E-state index is 13.6. The molecule has 0 spiro atoms. The fraction of sp³-hybridized carbons (Fsp3) is 0.188. The molecule has 3 aromatic rings. The van der Waals surface area contributed by atoms with Crippen molar-refractivity contribution in [3.05, 3.63) is 53.3 Å². The Kier molecular flexibility index (Phi) is 3.25. The van der Waals surface area contributed by atoms with Gasteiger partial charge < -0.3 is 15.5 Å². The Morgan fingerprint density at radius 1 is 1.24 bits per heavy atom. The normalized spacial score (nSPS) is 12.5. The average Bonchev–Trinajstić information content (AvgIpc) is 2.83. The zero-order chi connectivity index (χ0) is 15.0. The minimum absolute atomic E-state index is 0.120. The molecule has 0 fully saturated rings. The maximum Gasteiger partial charge on any atom is 0.296 e. The van der Waals surface area contributed by atoms with Crippen LogP contribution in [0.3, 0.4) is 0 Å². The second kappa shape index (κ2) is 5.09. The first-order chi connectivity index (χ1) is 10.0. The van der Waals surface area contributed by atoms with Gasteiger partial charge in [0.25, 0.3) is 6.01 Å². The Hall–Kier alpha value is -2.56. The number of rotatable bonds is 3. The number of aromatic nitrogens is 1. The van der Waals surface area contributed by atoms with Crippen molar-refractivity contribution in [2.75, 3.05) is 11.1 Å². The lowest BCUT2D eigenvalue weighted by atomic mass is 10.1. The van der Waals surface area contributed by atoms with Crippen molar-refractivity contribution < 1.29 is 8.81 Å². The molecule has 1 aromatic heterocycles. The van der Waals surface area contributed by atoms with E-state index in [9.17, 15) is 4.39 Å². The summed E-state index contributed by atoms with van der Waals surface area (Å²) in [4.78, 5) is 4.33. The molecule has 0 saturated heterocycles. The van der Waals surface area contributed by atoms with Crippen LogP contribution < -0.4 is 11.1 Å². The highest BCUT2D eigenvalue weighted by atomic mass is 19.1. The molecule has 5 heteroatoms. The van der Waals surface area contributed by atoms with Gasteiger partial charge >= 0.3 is 0 Å². The van der Waals surface area contributed by atoms with Crippen molar-refractivity contribution in [2.45, 2.75) is 19.9 Å². The van der Waals surface area contributed by atoms with Gasteiger partial charge in [-0.3, -0.25) is 0 Å². The van der Waals surface area contributed by atoms with Crippen LogP contribution in [-0.4, -0.2) is 4.98 Å². The first-order valence-electron chi connectivity index (χ1n) is 6.71. The molecule has 2 aromatic carbocycles. The van der Waals surface area contributed by atoms with Crippen LogP contribution in [0.5, 0.6) is 0 Å². The predicted octanol–water partition coefficient (Wildman–Crippen LogP) is 4.03. The summed E-state index contributed by atoms with van der Waals surface area (Å²) in [7, 11) is 0. The third kappa shape index (κ3) is 2.67. The molecule has 4 nitrogen and oxygen atoms in total. The second-order valence-electron chi connectivity index (χ2n) is 5.12. The molecule has 1 unspecified atom stereocenters. The van der Waals surface area contributed by atoms with Crippen molar-refractivity contribution in [3.8, 4) is 0 Å². The van der Waals surface area contributed by atoms with Gasteiger partial charge in [0.15, 0.2) is 5.58 Å². The fourth-order valence-electron chi connectivity index (χ4n) is 2.15. The molecule has 1 atom stereocenters. The first kappa shape index (κ1) is 13.4. The molecule has 3 rings (SSSR count). The zero-order valence-corrected chi connectivity index (χ0v) is 11.9. The van der Waals surface area contributed by atoms with Crippen LogP contribution in [0.1, 0.15) is 24.1 Å². The average molecular weight is 285 g/mol. The topological polar surface area (TPSA) is 64.1 Å². The number of halogens is 1. The molecule has 3 N–H and O–H groups in total. The summed E-state index contributed by atoms with van der Waals surface area (Å²) in [6.45, 7) is 3.66. The number of fused-ring (bicyclic) bond motifs is 1. The highest BCUT2D eigenvalue weighted by molar-refractivity contribution is 5.78. The number of anilines is 2. The SMILES string of the molecule is Cc1ccc(C(C)Nc2nc3ccc(N)cc3o2)cc1F. The van der Waals surface area contributed by atoms with Gasteiger partial charge in [0.2, 0.25) is 0 Å². The molecular formula is C16H16FN3O. The number of nitrogens with two attached hydrogens (primary N) is 1. The van der Waals surface area contributed by atoms with Crippen molar-refractivity contribution in [2.24, 2.45) is 0 Å². The summed E-state index contributed by atoms with van der Waals surface area (Å²) in [5, 5.41) is 3.13. The van der Waals surface area contributed by atoms with Gasteiger partial charge in [-0.05, 0) is 43.2 Å². The largest absolute Gasteiger partial charge is 0.423 e. The number of nitrogens with zero attached hydrogens (tertiary/aromatic N) is 1. The van der Waals surface area contributed by atoms with Crippen molar-refractivity contribution in [3.63, 3.8) is 0 Å². The number of oxazole rings is 1. The van der Waals surface area contributed by atoms with Gasteiger partial charge in [-0.25, -0.2) is 4.39 Å². The van der Waals surface area contributed by atoms with E-state index in [1.807, 2.05) is 13.0 Å². The van der Waals surface area contributed by atoms with Crippen LogP contribution in [0.25, 0.3) is 11.1 Å². The van der Waals surface area contributed by atoms with E-state index in [2.05, 4.69) is 10.3 Å². The van der Waals surface area contributed by atoms with Crippen LogP contribution in [0.2, 0.25) is 0 Å². The van der Waals surface area contributed by atoms with Crippen molar-refractivity contribution in [1.82, 2.24) is 4.98 Å². The van der Waals surface area contributed by atoms with E-state index in [4.69, 9.17) is 10.2 Å². The van der Waals surface area contributed by atoms with E-state index in [1.165, 1.54) is 6.07 Å². The number of benzene rings is 2.